The molecular formula is C13H6ClF3INO3. The van der Waals surface area contributed by atoms with Gasteiger partial charge in [0.25, 0.3) is 5.69 Å². The van der Waals surface area contributed by atoms with Crippen LogP contribution in [0.15, 0.2) is 36.4 Å². The molecule has 0 N–H and O–H groups in total. The summed E-state index contributed by atoms with van der Waals surface area (Å²) in [6.07, 6.45) is -4.52. The number of halogens is 5. The summed E-state index contributed by atoms with van der Waals surface area (Å²) in [5, 5.41) is 10.5. The van der Waals surface area contributed by atoms with Gasteiger partial charge in [0, 0.05) is 6.07 Å². The van der Waals surface area contributed by atoms with Crippen LogP contribution in [-0.4, -0.2) is 4.92 Å². The molecule has 2 rings (SSSR count). The minimum atomic E-state index is -4.52. The van der Waals surface area contributed by atoms with Gasteiger partial charge >= 0.3 is 6.18 Å². The van der Waals surface area contributed by atoms with Crippen LogP contribution < -0.4 is 4.74 Å². The fourth-order valence-electron chi connectivity index (χ4n) is 1.60. The first-order valence-corrected chi connectivity index (χ1v) is 7.12. The molecule has 4 nitrogen and oxygen atoms in total. The van der Waals surface area contributed by atoms with Crippen molar-refractivity contribution < 1.29 is 22.8 Å². The maximum Gasteiger partial charge on any atom is 0.416 e. The third-order valence-electron chi connectivity index (χ3n) is 2.57. The fourth-order valence-corrected chi connectivity index (χ4v) is 2.75. The lowest BCUT2D eigenvalue weighted by molar-refractivity contribution is -0.384. The lowest BCUT2D eigenvalue weighted by atomic mass is 10.2. The molecule has 116 valence electrons. The molecule has 2 aromatic carbocycles. The first-order chi connectivity index (χ1) is 10.2. The van der Waals surface area contributed by atoms with Crippen LogP contribution >= 0.6 is 34.2 Å². The van der Waals surface area contributed by atoms with Gasteiger partial charge in [0.15, 0.2) is 5.75 Å². The lowest BCUT2D eigenvalue weighted by Gasteiger charge is -2.13. The quantitative estimate of drug-likeness (QED) is 0.349. The Morgan fingerprint density at radius 3 is 2.45 bits per heavy atom. The predicted molar refractivity (Wildman–Crippen MR) is 82.3 cm³/mol. The summed E-state index contributed by atoms with van der Waals surface area (Å²) in [6.45, 7) is 0. The van der Waals surface area contributed by atoms with Crippen molar-refractivity contribution in [2.75, 3.05) is 0 Å². The lowest BCUT2D eigenvalue weighted by Crippen LogP contribution is -2.05. The van der Waals surface area contributed by atoms with E-state index in [9.17, 15) is 23.3 Å². The van der Waals surface area contributed by atoms with Crippen molar-refractivity contribution in [1.29, 1.82) is 0 Å². The van der Waals surface area contributed by atoms with Crippen molar-refractivity contribution in [1.82, 2.24) is 0 Å². The smallest absolute Gasteiger partial charge is 0.416 e. The SMILES string of the molecule is O=[N+]([O-])c1cccc(Oc2c(Cl)cc(C(F)(F)F)cc2I)c1. The zero-order chi connectivity index (χ0) is 16.5. The summed E-state index contributed by atoms with van der Waals surface area (Å²) in [5.41, 5.74) is -1.09. The Morgan fingerprint density at radius 2 is 1.91 bits per heavy atom. The molecule has 2 aromatic rings. The highest BCUT2D eigenvalue weighted by Gasteiger charge is 2.32. The Bertz CT molecular complexity index is 714. The van der Waals surface area contributed by atoms with Crippen molar-refractivity contribution in [2.45, 2.75) is 6.18 Å². The Kier molecular flexibility index (Phi) is 4.81. The van der Waals surface area contributed by atoms with Crippen LogP contribution in [-0.2, 0) is 6.18 Å². The summed E-state index contributed by atoms with van der Waals surface area (Å²) in [6, 6.07) is 6.90. The van der Waals surface area contributed by atoms with Gasteiger partial charge in [-0.15, -0.1) is 0 Å². The van der Waals surface area contributed by atoms with Crippen molar-refractivity contribution in [3.63, 3.8) is 0 Å². The monoisotopic (exact) mass is 443 g/mol. The molecule has 0 aromatic heterocycles. The van der Waals surface area contributed by atoms with E-state index in [4.69, 9.17) is 16.3 Å². The average molecular weight is 444 g/mol. The van der Waals surface area contributed by atoms with E-state index in [0.717, 1.165) is 18.2 Å². The van der Waals surface area contributed by atoms with Crippen LogP contribution in [0.4, 0.5) is 18.9 Å². The highest BCUT2D eigenvalue weighted by atomic mass is 127. The molecular weight excluding hydrogens is 437 g/mol. The molecule has 0 unspecified atom stereocenters. The van der Waals surface area contributed by atoms with E-state index in [0.29, 0.717) is 0 Å². The highest BCUT2D eigenvalue weighted by Crippen LogP contribution is 2.40. The number of ether oxygens (including phenoxy) is 1. The van der Waals surface area contributed by atoms with E-state index in [1.54, 1.807) is 22.6 Å². The normalized spacial score (nSPS) is 11.3. The molecule has 0 saturated carbocycles. The number of non-ortho nitro benzene ring substituents is 1. The number of hydrogen-bond acceptors (Lipinski definition) is 3. The zero-order valence-corrected chi connectivity index (χ0v) is 13.4. The predicted octanol–water partition coefficient (Wildman–Crippen LogP) is 5.66. The molecule has 0 heterocycles. The maximum atomic E-state index is 12.7. The Balaban J connectivity index is 2.38. The van der Waals surface area contributed by atoms with Crippen LogP contribution in [0, 0.1) is 13.7 Å². The molecule has 0 aliphatic carbocycles. The van der Waals surface area contributed by atoms with E-state index < -0.39 is 16.7 Å². The van der Waals surface area contributed by atoms with E-state index in [1.807, 2.05) is 0 Å². The number of alkyl halides is 3. The van der Waals surface area contributed by atoms with Gasteiger partial charge in [-0.1, -0.05) is 17.7 Å². The van der Waals surface area contributed by atoms with Crippen molar-refractivity contribution in [3.05, 3.63) is 60.7 Å². The average Bonchev–Trinajstić information content (AvgIpc) is 2.42. The van der Waals surface area contributed by atoms with E-state index in [-0.39, 0.29) is 25.8 Å². The summed E-state index contributed by atoms with van der Waals surface area (Å²) in [4.78, 5) is 10.1. The number of hydrogen-bond donors (Lipinski definition) is 0. The van der Waals surface area contributed by atoms with Gasteiger partial charge in [-0.3, -0.25) is 10.1 Å². The number of benzene rings is 2. The topological polar surface area (TPSA) is 52.4 Å². The second-order valence-corrected chi connectivity index (χ2v) is 5.69. The van der Waals surface area contributed by atoms with Gasteiger partial charge in [0.1, 0.15) is 5.75 Å². The fraction of sp³-hybridized carbons (Fsp3) is 0.0769. The van der Waals surface area contributed by atoms with Crippen molar-refractivity contribution >= 4 is 39.9 Å². The maximum absolute atomic E-state index is 12.7. The van der Waals surface area contributed by atoms with E-state index in [1.165, 1.54) is 18.2 Å². The minimum Gasteiger partial charge on any atom is -0.454 e. The van der Waals surface area contributed by atoms with Crippen molar-refractivity contribution in [2.24, 2.45) is 0 Å². The molecule has 9 heteroatoms. The Morgan fingerprint density at radius 1 is 1.23 bits per heavy atom. The molecule has 0 radical (unpaired) electrons. The van der Waals surface area contributed by atoms with E-state index in [2.05, 4.69) is 0 Å². The third-order valence-corrected chi connectivity index (χ3v) is 3.66. The summed E-state index contributed by atoms with van der Waals surface area (Å²) >= 11 is 7.49. The number of nitro benzene ring substituents is 1. The van der Waals surface area contributed by atoms with Gasteiger partial charge in [0.05, 0.1) is 25.1 Å². The standard InChI is InChI=1S/C13H6ClF3INO3/c14-10-4-7(13(15,16)17)5-11(18)12(10)22-9-3-1-2-8(6-9)19(20)21/h1-6H. The molecule has 0 fully saturated rings. The first-order valence-electron chi connectivity index (χ1n) is 5.67. The van der Waals surface area contributed by atoms with Gasteiger partial charge in [-0.05, 0) is 40.8 Å². The van der Waals surface area contributed by atoms with Crippen LogP contribution in [0.3, 0.4) is 0 Å². The summed E-state index contributed by atoms with van der Waals surface area (Å²) < 4.78 is 43.5. The molecule has 0 saturated heterocycles. The second kappa shape index (κ2) is 6.29. The minimum absolute atomic E-state index is 0.00997. The molecule has 22 heavy (non-hydrogen) atoms. The number of nitrogens with zero attached hydrogens (tertiary/aromatic N) is 1. The molecule has 0 aliphatic heterocycles. The van der Waals surface area contributed by atoms with Gasteiger partial charge in [-0.2, -0.15) is 13.2 Å². The largest absolute Gasteiger partial charge is 0.454 e. The Labute approximate surface area is 141 Å². The second-order valence-electron chi connectivity index (χ2n) is 4.12. The van der Waals surface area contributed by atoms with Crippen LogP contribution in [0.1, 0.15) is 5.56 Å². The Hall–Kier alpha value is -1.55. The van der Waals surface area contributed by atoms with Gasteiger partial charge in [-0.25, -0.2) is 0 Å². The summed E-state index contributed by atoms with van der Waals surface area (Å²) in [5.74, 6) is 0.115. The molecule has 0 amide bonds. The number of nitro groups is 1. The number of rotatable bonds is 3. The van der Waals surface area contributed by atoms with Crippen LogP contribution in [0.25, 0.3) is 0 Å². The first kappa shape index (κ1) is 16.8. The third kappa shape index (κ3) is 3.80. The molecule has 0 aliphatic rings. The van der Waals surface area contributed by atoms with Crippen LogP contribution in [0.2, 0.25) is 5.02 Å². The van der Waals surface area contributed by atoms with E-state index >= 15 is 0 Å². The van der Waals surface area contributed by atoms with Crippen LogP contribution in [0.5, 0.6) is 11.5 Å². The highest BCUT2D eigenvalue weighted by molar-refractivity contribution is 14.1. The summed E-state index contributed by atoms with van der Waals surface area (Å²) in [7, 11) is 0. The molecule has 0 atom stereocenters. The molecule has 0 bridgehead atoms. The van der Waals surface area contributed by atoms with Gasteiger partial charge < -0.3 is 4.74 Å². The van der Waals surface area contributed by atoms with Gasteiger partial charge in [0.2, 0.25) is 0 Å². The zero-order valence-electron chi connectivity index (χ0n) is 10.5. The van der Waals surface area contributed by atoms with Crippen molar-refractivity contribution in [3.8, 4) is 11.5 Å². The molecule has 0 spiro atoms.